The fraction of sp³-hybridized carbons (Fsp3) is 0.900. The van der Waals surface area contributed by atoms with Gasteiger partial charge in [0.1, 0.15) is 0 Å². The van der Waals surface area contributed by atoms with Crippen molar-refractivity contribution < 1.29 is 13.9 Å². The predicted octanol–water partition coefficient (Wildman–Crippen LogP) is 5.48. The van der Waals surface area contributed by atoms with E-state index in [1.54, 1.807) is 0 Å². The minimum atomic E-state index is -1.75. The molecule has 0 aromatic carbocycles. The average molecular weight is 353 g/mol. The van der Waals surface area contributed by atoms with Crippen molar-refractivity contribution >= 4 is 8.32 Å². The summed E-state index contributed by atoms with van der Waals surface area (Å²) in [5.41, 5.74) is 0.142. The topological polar surface area (TPSA) is 27.7 Å². The van der Waals surface area contributed by atoms with Crippen molar-refractivity contribution in [2.75, 3.05) is 13.2 Å². The highest BCUT2D eigenvalue weighted by molar-refractivity contribution is 6.74. The van der Waals surface area contributed by atoms with E-state index in [9.17, 15) is 0 Å². The Morgan fingerprint density at radius 1 is 1.17 bits per heavy atom. The first-order valence-electron chi connectivity index (χ1n) is 9.61. The molecular formula is C20H36O3Si. The minimum absolute atomic E-state index is 0.142. The van der Waals surface area contributed by atoms with Gasteiger partial charge >= 0.3 is 0 Å². The molecule has 0 aromatic rings. The van der Waals surface area contributed by atoms with Crippen LogP contribution < -0.4 is 0 Å². The van der Waals surface area contributed by atoms with Crippen molar-refractivity contribution in [3.63, 3.8) is 0 Å². The van der Waals surface area contributed by atoms with Crippen LogP contribution in [-0.4, -0.2) is 27.3 Å². The predicted molar refractivity (Wildman–Crippen MR) is 100 cm³/mol. The Labute approximate surface area is 149 Å². The molecule has 0 aromatic heterocycles. The van der Waals surface area contributed by atoms with Crippen molar-refractivity contribution in [2.45, 2.75) is 84.2 Å². The minimum Gasteiger partial charge on any atom is -0.547 e. The molecule has 1 heterocycles. The molecule has 2 bridgehead atoms. The lowest BCUT2D eigenvalue weighted by molar-refractivity contribution is -0.335. The molecule has 0 amide bonds. The number of allylic oxidation sites excluding steroid dienone is 2. The molecule has 1 aliphatic heterocycles. The zero-order valence-corrected chi connectivity index (χ0v) is 17.7. The van der Waals surface area contributed by atoms with Crippen molar-refractivity contribution in [1.82, 2.24) is 0 Å². The molecule has 1 saturated heterocycles. The molecule has 2 aliphatic carbocycles. The smallest absolute Gasteiger partial charge is 0.250 e. The van der Waals surface area contributed by atoms with Crippen LogP contribution in [0.1, 0.15) is 60.3 Å². The summed E-state index contributed by atoms with van der Waals surface area (Å²) in [4.78, 5) is 0. The monoisotopic (exact) mass is 352 g/mol. The van der Waals surface area contributed by atoms with E-state index in [0.29, 0.717) is 11.8 Å². The molecule has 2 fully saturated rings. The summed E-state index contributed by atoms with van der Waals surface area (Å²) in [6, 6.07) is 0. The lowest BCUT2D eigenvalue weighted by Crippen LogP contribution is -2.55. The van der Waals surface area contributed by atoms with Gasteiger partial charge in [-0.25, -0.2) is 0 Å². The van der Waals surface area contributed by atoms with Gasteiger partial charge in [0, 0.05) is 23.7 Å². The SMILES string of the molecule is CC1(C)COC2(CC[C@H]3C[C@@H]2CC=C3O[Si](C)(C)C(C)(C)C)OC1. The zero-order chi connectivity index (χ0) is 17.8. The lowest BCUT2D eigenvalue weighted by atomic mass is 9.70. The van der Waals surface area contributed by atoms with Gasteiger partial charge in [0.25, 0.3) is 0 Å². The third-order valence-electron chi connectivity index (χ3n) is 6.63. The van der Waals surface area contributed by atoms with E-state index in [1.165, 1.54) is 5.76 Å². The van der Waals surface area contributed by atoms with Crippen molar-refractivity contribution in [2.24, 2.45) is 17.3 Å². The summed E-state index contributed by atoms with van der Waals surface area (Å²) >= 11 is 0. The fourth-order valence-corrected chi connectivity index (χ4v) is 5.00. The molecule has 0 unspecified atom stereocenters. The molecule has 4 heteroatoms. The second-order valence-corrected chi connectivity index (χ2v) is 15.2. The molecule has 0 N–H and O–H groups in total. The van der Waals surface area contributed by atoms with Gasteiger partial charge in [0.2, 0.25) is 8.32 Å². The van der Waals surface area contributed by atoms with E-state index in [1.807, 2.05) is 0 Å². The normalized spacial score (nSPS) is 32.4. The van der Waals surface area contributed by atoms with Crippen molar-refractivity contribution in [3.05, 3.63) is 11.8 Å². The van der Waals surface area contributed by atoms with Gasteiger partial charge in [-0.2, -0.15) is 0 Å². The van der Waals surface area contributed by atoms with Crippen LogP contribution in [-0.2, 0) is 13.9 Å². The van der Waals surface area contributed by atoms with Crippen LogP contribution in [0.2, 0.25) is 18.1 Å². The molecule has 1 saturated carbocycles. The summed E-state index contributed by atoms with van der Waals surface area (Å²) in [6.07, 6.45) is 6.67. The van der Waals surface area contributed by atoms with E-state index in [2.05, 4.69) is 53.8 Å². The Balaban J connectivity index is 1.71. The Bertz CT molecular complexity index is 505. The lowest BCUT2D eigenvalue weighted by Gasteiger charge is -2.53. The molecule has 1 spiro atoms. The Hall–Kier alpha value is -0.323. The summed E-state index contributed by atoms with van der Waals surface area (Å²) < 4.78 is 19.3. The van der Waals surface area contributed by atoms with Gasteiger partial charge in [-0.15, -0.1) is 0 Å². The molecule has 24 heavy (non-hydrogen) atoms. The summed E-state index contributed by atoms with van der Waals surface area (Å²) in [5, 5.41) is 0.252. The van der Waals surface area contributed by atoms with E-state index in [4.69, 9.17) is 13.9 Å². The standard InChI is InChI=1S/C20H36O3Si/c1-18(2,3)24(6,7)23-17-9-8-16-12-15(17)10-11-20(16)21-13-19(4,5)14-22-20/h9,15-16H,8,10-14H2,1-7H3/t15-,16-/m0/s1. The average Bonchev–Trinajstić information content (AvgIpc) is 2.47. The number of hydrogen-bond acceptors (Lipinski definition) is 3. The van der Waals surface area contributed by atoms with Crippen LogP contribution in [0, 0.1) is 17.3 Å². The summed E-state index contributed by atoms with van der Waals surface area (Å²) in [6.45, 7) is 17.7. The Morgan fingerprint density at radius 3 is 2.38 bits per heavy atom. The van der Waals surface area contributed by atoms with E-state index in [-0.39, 0.29) is 16.2 Å². The van der Waals surface area contributed by atoms with E-state index in [0.717, 1.165) is 38.9 Å². The number of fused-ring (bicyclic) bond motifs is 3. The van der Waals surface area contributed by atoms with Gasteiger partial charge in [-0.05, 0) is 43.5 Å². The number of rotatable bonds is 2. The first-order chi connectivity index (χ1) is 10.9. The molecule has 3 nitrogen and oxygen atoms in total. The maximum atomic E-state index is 6.66. The van der Waals surface area contributed by atoms with Crippen LogP contribution in [0.25, 0.3) is 0 Å². The maximum absolute atomic E-state index is 6.66. The maximum Gasteiger partial charge on any atom is 0.250 e. The molecule has 3 aliphatic rings. The van der Waals surface area contributed by atoms with Crippen LogP contribution in [0.15, 0.2) is 11.8 Å². The van der Waals surface area contributed by atoms with E-state index >= 15 is 0 Å². The summed E-state index contributed by atoms with van der Waals surface area (Å²) in [5.74, 6) is 1.99. The largest absolute Gasteiger partial charge is 0.547 e. The Kier molecular flexibility index (Phi) is 4.50. The third kappa shape index (κ3) is 3.34. The van der Waals surface area contributed by atoms with Crippen LogP contribution in [0.5, 0.6) is 0 Å². The van der Waals surface area contributed by atoms with Gasteiger partial charge in [0.15, 0.2) is 5.79 Å². The van der Waals surface area contributed by atoms with E-state index < -0.39 is 8.32 Å². The van der Waals surface area contributed by atoms with Gasteiger partial charge in [-0.3, -0.25) is 0 Å². The zero-order valence-electron chi connectivity index (χ0n) is 16.7. The van der Waals surface area contributed by atoms with Crippen LogP contribution in [0.4, 0.5) is 0 Å². The second kappa shape index (κ2) is 5.85. The molecule has 0 radical (unpaired) electrons. The first kappa shape index (κ1) is 18.5. The first-order valence-corrected chi connectivity index (χ1v) is 12.5. The van der Waals surface area contributed by atoms with Crippen LogP contribution >= 0.6 is 0 Å². The second-order valence-electron chi connectivity index (χ2n) is 10.4. The number of ether oxygens (including phenoxy) is 2. The highest BCUT2D eigenvalue weighted by atomic mass is 28.4. The van der Waals surface area contributed by atoms with Crippen molar-refractivity contribution in [1.29, 1.82) is 0 Å². The molecular weight excluding hydrogens is 316 g/mol. The third-order valence-corrected chi connectivity index (χ3v) is 11.0. The Morgan fingerprint density at radius 2 is 1.79 bits per heavy atom. The molecule has 3 rings (SSSR count). The van der Waals surface area contributed by atoms with Crippen molar-refractivity contribution in [3.8, 4) is 0 Å². The number of hydrogen-bond donors (Lipinski definition) is 0. The highest BCUT2D eigenvalue weighted by Gasteiger charge is 2.52. The quantitative estimate of drug-likeness (QED) is 0.616. The van der Waals surface area contributed by atoms with Crippen LogP contribution in [0.3, 0.4) is 0 Å². The van der Waals surface area contributed by atoms with Gasteiger partial charge < -0.3 is 13.9 Å². The highest BCUT2D eigenvalue weighted by Crippen LogP contribution is 2.51. The fourth-order valence-electron chi connectivity index (χ4n) is 3.85. The summed E-state index contributed by atoms with van der Waals surface area (Å²) in [7, 11) is -1.75. The van der Waals surface area contributed by atoms with Gasteiger partial charge in [-0.1, -0.05) is 34.6 Å². The molecule has 2 atom stereocenters. The molecule has 138 valence electrons. The van der Waals surface area contributed by atoms with Gasteiger partial charge in [0.05, 0.1) is 19.0 Å².